The van der Waals surface area contributed by atoms with Gasteiger partial charge in [-0.15, -0.1) is 0 Å². The van der Waals surface area contributed by atoms with Crippen molar-refractivity contribution in [2.45, 2.75) is 19.3 Å². The van der Waals surface area contributed by atoms with Crippen molar-refractivity contribution in [1.82, 2.24) is 4.90 Å². The van der Waals surface area contributed by atoms with Gasteiger partial charge in [0.15, 0.2) is 0 Å². The first-order valence-corrected chi connectivity index (χ1v) is 5.58. The number of likely N-dealkylation sites (tertiary alicyclic amines) is 1. The van der Waals surface area contributed by atoms with Crippen LogP contribution in [0.1, 0.15) is 18.4 Å². The van der Waals surface area contributed by atoms with Gasteiger partial charge in [0.1, 0.15) is 0 Å². The van der Waals surface area contributed by atoms with Crippen molar-refractivity contribution < 1.29 is 4.79 Å². The van der Waals surface area contributed by atoms with Crippen LogP contribution in [0.5, 0.6) is 0 Å². The quantitative estimate of drug-likeness (QED) is 0.729. The van der Waals surface area contributed by atoms with Crippen molar-refractivity contribution in [3.8, 4) is 0 Å². The molecule has 0 aromatic heterocycles. The predicted molar refractivity (Wildman–Crippen MR) is 64.8 cm³/mol. The molecule has 2 rings (SSSR count). The molecule has 0 aliphatic carbocycles. The second kappa shape index (κ2) is 4.43. The van der Waals surface area contributed by atoms with E-state index >= 15 is 0 Å². The molecule has 0 saturated carbocycles. The Bertz CT molecular complexity index is 397. The van der Waals surface area contributed by atoms with Crippen molar-refractivity contribution in [2.75, 3.05) is 24.6 Å². The van der Waals surface area contributed by atoms with Gasteiger partial charge in [0, 0.05) is 13.1 Å². The second-order valence-corrected chi connectivity index (χ2v) is 4.23. The van der Waals surface area contributed by atoms with Crippen LogP contribution in [0.15, 0.2) is 18.2 Å². The van der Waals surface area contributed by atoms with Crippen molar-refractivity contribution in [3.05, 3.63) is 23.8 Å². The van der Waals surface area contributed by atoms with Gasteiger partial charge < -0.3 is 16.4 Å². The van der Waals surface area contributed by atoms with Gasteiger partial charge in [-0.25, -0.2) is 0 Å². The Labute approximate surface area is 95.2 Å². The fourth-order valence-corrected chi connectivity index (χ4v) is 1.99. The van der Waals surface area contributed by atoms with Gasteiger partial charge in [0.2, 0.25) is 5.91 Å². The van der Waals surface area contributed by atoms with Crippen LogP contribution in [0.4, 0.5) is 11.4 Å². The van der Waals surface area contributed by atoms with Crippen LogP contribution in [-0.2, 0) is 11.2 Å². The number of amides is 1. The lowest BCUT2D eigenvalue weighted by molar-refractivity contribution is -0.129. The van der Waals surface area contributed by atoms with E-state index in [0.29, 0.717) is 17.8 Å². The second-order valence-electron chi connectivity index (χ2n) is 4.23. The van der Waals surface area contributed by atoms with E-state index in [0.717, 1.165) is 31.5 Å². The fourth-order valence-electron chi connectivity index (χ4n) is 1.99. The topological polar surface area (TPSA) is 72.4 Å². The average Bonchev–Trinajstić information content (AvgIpc) is 2.77. The molecule has 1 aliphatic rings. The molecule has 4 heteroatoms. The van der Waals surface area contributed by atoms with Crippen molar-refractivity contribution in [2.24, 2.45) is 0 Å². The first-order valence-electron chi connectivity index (χ1n) is 5.58. The highest BCUT2D eigenvalue weighted by atomic mass is 16.2. The molecule has 0 bridgehead atoms. The number of rotatable bonds is 2. The Morgan fingerprint density at radius 3 is 2.50 bits per heavy atom. The molecule has 1 heterocycles. The maximum atomic E-state index is 11.9. The number of nitrogen functional groups attached to an aromatic ring is 2. The summed E-state index contributed by atoms with van der Waals surface area (Å²) in [5.74, 6) is 0.182. The molecule has 4 nitrogen and oxygen atoms in total. The molecule has 16 heavy (non-hydrogen) atoms. The number of nitrogens with zero attached hydrogens (tertiary/aromatic N) is 1. The third kappa shape index (κ3) is 2.27. The van der Waals surface area contributed by atoms with E-state index in [9.17, 15) is 4.79 Å². The number of hydrogen-bond acceptors (Lipinski definition) is 3. The molecule has 4 N–H and O–H groups in total. The van der Waals surface area contributed by atoms with E-state index in [4.69, 9.17) is 11.5 Å². The van der Waals surface area contributed by atoms with Gasteiger partial charge in [-0.3, -0.25) is 4.79 Å². The van der Waals surface area contributed by atoms with Crippen LogP contribution in [-0.4, -0.2) is 23.9 Å². The molecule has 0 radical (unpaired) electrons. The van der Waals surface area contributed by atoms with E-state index < -0.39 is 0 Å². The summed E-state index contributed by atoms with van der Waals surface area (Å²) in [7, 11) is 0. The van der Waals surface area contributed by atoms with Crippen molar-refractivity contribution in [3.63, 3.8) is 0 Å². The molecule has 1 fully saturated rings. The molecule has 1 saturated heterocycles. The first-order chi connectivity index (χ1) is 7.66. The van der Waals surface area contributed by atoms with Crippen LogP contribution in [0.3, 0.4) is 0 Å². The summed E-state index contributed by atoms with van der Waals surface area (Å²) < 4.78 is 0. The van der Waals surface area contributed by atoms with Gasteiger partial charge in [-0.05, 0) is 30.5 Å². The van der Waals surface area contributed by atoms with Crippen molar-refractivity contribution in [1.29, 1.82) is 0 Å². The number of carbonyl (C=O) groups excluding carboxylic acids is 1. The van der Waals surface area contributed by atoms with E-state index in [-0.39, 0.29) is 5.91 Å². The number of benzene rings is 1. The summed E-state index contributed by atoms with van der Waals surface area (Å²) in [6.45, 7) is 1.78. The number of nitrogens with two attached hydrogens (primary N) is 2. The Morgan fingerprint density at radius 1 is 1.19 bits per heavy atom. The Hall–Kier alpha value is -1.71. The SMILES string of the molecule is Nc1ccc(CC(=O)N2CCCC2)cc1N. The van der Waals surface area contributed by atoms with Gasteiger partial charge in [0.05, 0.1) is 17.8 Å². The van der Waals surface area contributed by atoms with E-state index in [2.05, 4.69) is 0 Å². The lowest BCUT2D eigenvalue weighted by atomic mass is 10.1. The Kier molecular flexibility index (Phi) is 2.99. The number of hydrogen-bond donors (Lipinski definition) is 2. The minimum atomic E-state index is 0.182. The van der Waals surface area contributed by atoms with Crippen LogP contribution >= 0.6 is 0 Å². The zero-order chi connectivity index (χ0) is 11.5. The average molecular weight is 219 g/mol. The van der Waals surface area contributed by atoms with Crippen LogP contribution in [0, 0.1) is 0 Å². The summed E-state index contributed by atoms with van der Waals surface area (Å²) in [5, 5.41) is 0. The molecule has 1 aromatic carbocycles. The molecule has 0 atom stereocenters. The van der Waals surface area contributed by atoms with E-state index in [1.54, 1.807) is 12.1 Å². The van der Waals surface area contributed by atoms with Crippen LogP contribution < -0.4 is 11.5 Å². The van der Waals surface area contributed by atoms with Crippen LogP contribution in [0.25, 0.3) is 0 Å². The maximum absolute atomic E-state index is 11.9. The highest BCUT2D eigenvalue weighted by Gasteiger charge is 2.17. The monoisotopic (exact) mass is 219 g/mol. The van der Waals surface area contributed by atoms with Gasteiger partial charge in [0.25, 0.3) is 0 Å². The third-order valence-electron chi connectivity index (χ3n) is 2.97. The van der Waals surface area contributed by atoms with Gasteiger partial charge >= 0.3 is 0 Å². The van der Waals surface area contributed by atoms with E-state index in [1.165, 1.54) is 0 Å². The smallest absolute Gasteiger partial charge is 0.226 e. The summed E-state index contributed by atoms with van der Waals surface area (Å²) in [6, 6.07) is 5.39. The molecule has 86 valence electrons. The molecular formula is C12H17N3O. The zero-order valence-corrected chi connectivity index (χ0v) is 9.28. The molecule has 1 aliphatic heterocycles. The Balaban J connectivity index is 2.02. The molecule has 1 amide bonds. The standard InChI is InChI=1S/C12H17N3O/c13-10-4-3-9(7-11(10)14)8-12(16)15-5-1-2-6-15/h3-4,7H,1-2,5-6,8,13-14H2. The third-order valence-corrected chi connectivity index (χ3v) is 2.97. The lowest BCUT2D eigenvalue weighted by Gasteiger charge is -2.15. The van der Waals surface area contributed by atoms with Gasteiger partial charge in [-0.1, -0.05) is 6.07 Å². The predicted octanol–water partition coefficient (Wildman–Crippen LogP) is 1.02. The number of anilines is 2. The minimum absolute atomic E-state index is 0.182. The van der Waals surface area contributed by atoms with Gasteiger partial charge in [-0.2, -0.15) is 0 Å². The van der Waals surface area contributed by atoms with Crippen LogP contribution in [0.2, 0.25) is 0 Å². The summed E-state index contributed by atoms with van der Waals surface area (Å²) in [6.07, 6.45) is 2.66. The maximum Gasteiger partial charge on any atom is 0.226 e. The van der Waals surface area contributed by atoms with E-state index in [1.807, 2.05) is 11.0 Å². The number of carbonyl (C=O) groups is 1. The molecule has 0 unspecified atom stereocenters. The molecular weight excluding hydrogens is 202 g/mol. The lowest BCUT2D eigenvalue weighted by Crippen LogP contribution is -2.29. The largest absolute Gasteiger partial charge is 0.397 e. The summed E-state index contributed by atoms with van der Waals surface area (Å²) in [5.41, 5.74) is 13.4. The molecule has 1 aromatic rings. The summed E-state index contributed by atoms with van der Waals surface area (Å²) >= 11 is 0. The Morgan fingerprint density at radius 2 is 1.88 bits per heavy atom. The first kappa shape index (κ1) is 10.8. The zero-order valence-electron chi connectivity index (χ0n) is 9.28. The fraction of sp³-hybridized carbons (Fsp3) is 0.417. The summed E-state index contributed by atoms with van der Waals surface area (Å²) in [4.78, 5) is 13.8. The molecule has 0 spiro atoms. The normalized spacial score (nSPS) is 15.4. The van der Waals surface area contributed by atoms with Crippen molar-refractivity contribution >= 4 is 17.3 Å². The minimum Gasteiger partial charge on any atom is -0.397 e. The highest BCUT2D eigenvalue weighted by molar-refractivity contribution is 5.80. The highest BCUT2D eigenvalue weighted by Crippen LogP contribution is 2.17.